The number of aromatic nitrogens is 4. The molecule has 0 saturated heterocycles. The van der Waals surface area contributed by atoms with E-state index in [9.17, 15) is 9.18 Å². The first-order valence-corrected chi connectivity index (χ1v) is 10.9. The zero-order chi connectivity index (χ0) is 22.5. The van der Waals surface area contributed by atoms with Crippen LogP contribution in [0.15, 0.2) is 56.6 Å². The number of carbonyl (C=O) groups is 1. The molecule has 1 N–H and O–H groups in total. The predicted octanol–water partition coefficient (Wildman–Crippen LogP) is 5.08. The first kappa shape index (κ1) is 22.0. The molecular formula is C21H17ClFN5O3S. The molecule has 0 bridgehead atoms. The number of amides is 1. The van der Waals surface area contributed by atoms with E-state index in [0.717, 1.165) is 11.1 Å². The standard InChI is InChI=1S/C21H17ClFN5O3S/c1-12-2-4-13(5-3-12)20-26-27-21(30-20)32-11-17-25-19(31-28-17)9-8-18(29)24-14-6-7-16(23)15(22)10-14/h2-7,10H,8-9,11H2,1H3,(H,24,29). The van der Waals surface area contributed by atoms with Crippen molar-refractivity contribution < 1.29 is 18.1 Å². The maximum atomic E-state index is 13.2. The van der Waals surface area contributed by atoms with Crippen molar-refractivity contribution in [2.75, 3.05) is 5.32 Å². The van der Waals surface area contributed by atoms with E-state index in [2.05, 4.69) is 25.7 Å². The van der Waals surface area contributed by atoms with E-state index < -0.39 is 5.82 Å². The van der Waals surface area contributed by atoms with Gasteiger partial charge in [-0.3, -0.25) is 4.79 Å². The van der Waals surface area contributed by atoms with Crippen molar-refractivity contribution in [1.82, 2.24) is 20.3 Å². The van der Waals surface area contributed by atoms with E-state index >= 15 is 0 Å². The number of rotatable bonds is 8. The van der Waals surface area contributed by atoms with Gasteiger partial charge in [0.15, 0.2) is 5.82 Å². The van der Waals surface area contributed by atoms with Crippen LogP contribution in [-0.4, -0.2) is 26.2 Å². The lowest BCUT2D eigenvalue weighted by molar-refractivity contribution is -0.116. The van der Waals surface area contributed by atoms with Crippen LogP contribution >= 0.6 is 23.4 Å². The SMILES string of the molecule is Cc1ccc(-c2nnc(SCc3noc(CCC(=O)Nc4ccc(F)c(Cl)c4)n3)o2)cc1. The van der Waals surface area contributed by atoms with Gasteiger partial charge < -0.3 is 14.3 Å². The number of aryl methyl sites for hydroxylation is 2. The van der Waals surface area contributed by atoms with Crippen molar-refractivity contribution in [2.45, 2.75) is 30.7 Å². The van der Waals surface area contributed by atoms with Gasteiger partial charge >= 0.3 is 0 Å². The molecular weight excluding hydrogens is 457 g/mol. The van der Waals surface area contributed by atoms with Crippen LogP contribution in [-0.2, 0) is 17.0 Å². The Morgan fingerprint density at radius 1 is 1.19 bits per heavy atom. The number of carbonyl (C=O) groups excluding carboxylic acids is 1. The van der Waals surface area contributed by atoms with Crippen molar-refractivity contribution in [3.63, 3.8) is 0 Å². The van der Waals surface area contributed by atoms with Gasteiger partial charge in [-0.1, -0.05) is 46.2 Å². The molecule has 0 aliphatic heterocycles. The lowest BCUT2D eigenvalue weighted by Gasteiger charge is -2.04. The van der Waals surface area contributed by atoms with Gasteiger partial charge in [0.25, 0.3) is 5.22 Å². The van der Waals surface area contributed by atoms with Gasteiger partial charge in [0.1, 0.15) is 5.82 Å². The summed E-state index contributed by atoms with van der Waals surface area (Å²) in [6.45, 7) is 2.01. The topological polar surface area (TPSA) is 107 Å². The summed E-state index contributed by atoms with van der Waals surface area (Å²) in [5.74, 6) is 0.766. The zero-order valence-electron chi connectivity index (χ0n) is 16.8. The number of nitrogens with one attached hydrogen (secondary N) is 1. The first-order valence-electron chi connectivity index (χ1n) is 9.56. The van der Waals surface area contributed by atoms with Gasteiger partial charge in [-0.05, 0) is 37.3 Å². The van der Waals surface area contributed by atoms with Crippen LogP contribution < -0.4 is 5.32 Å². The third-order valence-electron chi connectivity index (χ3n) is 4.31. The van der Waals surface area contributed by atoms with Crippen molar-refractivity contribution >= 4 is 35.0 Å². The molecule has 4 rings (SSSR count). The van der Waals surface area contributed by atoms with Gasteiger partial charge in [-0.2, -0.15) is 4.98 Å². The zero-order valence-corrected chi connectivity index (χ0v) is 18.4. The summed E-state index contributed by atoms with van der Waals surface area (Å²) in [5, 5.41) is 14.9. The summed E-state index contributed by atoms with van der Waals surface area (Å²) in [4.78, 5) is 16.3. The minimum absolute atomic E-state index is 0.0610. The Balaban J connectivity index is 1.25. The number of anilines is 1. The molecule has 164 valence electrons. The molecule has 0 saturated carbocycles. The van der Waals surface area contributed by atoms with Gasteiger partial charge in [-0.15, -0.1) is 10.2 Å². The number of halogens is 2. The van der Waals surface area contributed by atoms with E-state index in [0.29, 0.717) is 34.3 Å². The molecule has 1 amide bonds. The third kappa shape index (κ3) is 5.71. The Bertz CT molecular complexity index is 1230. The maximum Gasteiger partial charge on any atom is 0.277 e. The highest BCUT2D eigenvalue weighted by atomic mass is 35.5. The molecule has 0 atom stereocenters. The quantitative estimate of drug-likeness (QED) is 0.353. The molecule has 0 aliphatic carbocycles. The summed E-state index contributed by atoms with van der Waals surface area (Å²) in [5.41, 5.74) is 2.40. The summed E-state index contributed by atoms with van der Waals surface area (Å²) in [7, 11) is 0. The van der Waals surface area contributed by atoms with Crippen LogP contribution in [0.3, 0.4) is 0 Å². The highest BCUT2D eigenvalue weighted by Crippen LogP contribution is 2.25. The molecule has 0 fully saturated rings. The smallest absolute Gasteiger partial charge is 0.277 e. The van der Waals surface area contributed by atoms with E-state index in [1.807, 2.05) is 31.2 Å². The van der Waals surface area contributed by atoms with E-state index in [4.69, 9.17) is 20.5 Å². The van der Waals surface area contributed by atoms with Crippen LogP contribution in [0.5, 0.6) is 0 Å². The van der Waals surface area contributed by atoms with Gasteiger partial charge in [-0.25, -0.2) is 4.39 Å². The fourth-order valence-electron chi connectivity index (χ4n) is 2.68. The largest absolute Gasteiger partial charge is 0.411 e. The monoisotopic (exact) mass is 473 g/mol. The second-order valence-corrected chi connectivity index (χ2v) is 8.14. The predicted molar refractivity (Wildman–Crippen MR) is 117 cm³/mol. The first-order chi connectivity index (χ1) is 15.5. The Morgan fingerprint density at radius 3 is 2.78 bits per heavy atom. The van der Waals surface area contributed by atoms with Gasteiger partial charge in [0, 0.05) is 24.1 Å². The Hall–Kier alpha value is -3.24. The number of thioether (sulfide) groups is 1. The fraction of sp³-hybridized carbons (Fsp3) is 0.190. The molecule has 0 spiro atoms. The van der Waals surface area contributed by atoms with Crippen molar-refractivity contribution in [2.24, 2.45) is 0 Å². The van der Waals surface area contributed by atoms with Crippen LogP contribution in [0.25, 0.3) is 11.5 Å². The van der Waals surface area contributed by atoms with Crippen molar-refractivity contribution in [1.29, 1.82) is 0 Å². The van der Waals surface area contributed by atoms with E-state index in [1.165, 1.54) is 30.0 Å². The molecule has 11 heteroatoms. The van der Waals surface area contributed by atoms with E-state index in [1.54, 1.807) is 0 Å². The highest BCUT2D eigenvalue weighted by molar-refractivity contribution is 7.98. The maximum absolute atomic E-state index is 13.2. The summed E-state index contributed by atoms with van der Waals surface area (Å²) >= 11 is 6.99. The Morgan fingerprint density at radius 2 is 2.00 bits per heavy atom. The normalized spacial score (nSPS) is 11.0. The molecule has 0 radical (unpaired) electrons. The molecule has 2 aromatic carbocycles. The fourth-order valence-corrected chi connectivity index (χ4v) is 3.46. The number of hydrogen-bond donors (Lipinski definition) is 1. The van der Waals surface area contributed by atoms with Gasteiger partial charge in [0.2, 0.25) is 17.7 Å². The lowest BCUT2D eigenvalue weighted by atomic mass is 10.1. The van der Waals surface area contributed by atoms with Crippen LogP contribution in [0.1, 0.15) is 23.7 Å². The summed E-state index contributed by atoms with van der Waals surface area (Å²) < 4.78 is 24.0. The number of benzene rings is 2. The molecule has 0 unspecified atom stereocenters. The highest BCUT2D eigenvalue weighted by Gasteiger charge is 2.13. The Labute approximate surface area is 191 Å². The average Bonchev–Trinajstić information content (AvgIpc) is 3.43. The molecule has 4 aromatic rings. The van der Waals surface area contributed by atoms with E-state index in [-0.39, 0.29) is 23.8 Å². The third-order valence-corrected chi connectivity index (χ3v) is 5.41. The molecule has 32 heavy (non-hydrogen) atoms. The van der Waals surface area contributed by atoms with Crippen LogP contribution in [0, 0.1) is 12.7 Å². The minimum atomic E-state index is -0.548. The van der Waals surface area contributed by atoms with Gasteiger partial charge in [0.05, 0.1) is 10.8 Å². The average molecular weight is 474 g/mol. The molecule has 8 nitrogen and oxygen atoms in total. The van der Waals surface area contributed by atoms with Crippen LogP contribution in [0.4, 0.5) is 10.1 Å². The van der Waals surface area contributed by atoms with Crippen LogP contribution in [0.2, 0.25) is 5.02 Å². The van der Waals surface area contributed by atoms with Crippen molar-refractivity contribution in [3.05, 3.63) is 70.6 Å². The lowest BCUT2D eigenvalue weighted by Crippen LogP contribution is -2.12. The minimum Gasteiger partial charge on any atom is -0.411 e. The Kier molecular flexibility index (Phi) is 6.81. The number of nitrogens with zero attached hydrogens (tertiary/aromatic N) is 4. The summed E-state index contributed by atoms with van der Waals surface area (Å²) in [6.07, 6.45) is 0.379. The summed E-state index contributed by atoms with van der Waals surface area (Å²) in [6, 6.07) is 11.8. The second kappa shape index (κ2) is 9.92. The molecule has 2 aromatic heterocycles. The molecule has 0 aliphatic rings. The number of hydrogen-bond acceptors (Lipinski definition) is 8. The second-order valence-electron chi connectivity index (χ2n) is 6.81. The molecule has 2 heterocycles. The van der Waals surface area contributed by atoms with Crippen molar-refractivity contribution in [3.8, 4) is 11.5 Å².